The van der Waals surface area contributed by atoms with Crippen LogP contribution in [0.25, 0.3) is 0 Å². The molecule has 0 aliphatic heterocycles. The maximum Gasteiger partial charge on any atom is 0.472 e. The Morgan fingerprint density at radius 2 is 0.883 bits per heavy atom. The van der Waals surface area contributed by atoms with E-state index in [2.05, 4.69) is 50.3 Å². The zero-order valence-electron chi connectivity index (χ0n) is 39.5. The van der Waals surface area contributed by atoms with Gasteiger partial charge in [0.05, 0.1) is 19.8 Å². The Hall–Kier alpha value is -1.28. The number of unbranched alkanes of at least 4 members (excludes halogenated alkanes) is 30. The Kier molecular flexibility index (Phi) is 47.7. The highest BCUT2D eigenvalue weighted by molar-refractivity contribution is 7.47. The number of rotatable bonds is 49. The van der Waals surface area contributed by atoms with Crippen LogP contribution < -0.4 is 5.73 Å². The van der Waals surface area contributed by atoms with E-state index in [9.17, 15) is 14.3 Å². The van der Waals surface area contributed by atoms with Gasteiger partial charge in [0.1, 0.15) is 6.10 Å². The van der Waals surface area contributed by atoms with E-state index in [4.69, 9.17) is 24.3 Å². The normalized spacial score (nSPS) is 13.6. The highest BCUT2D eigenvalue weighted by Crippen LogP contribution is 2.43. The van der Waals surface area contributed by atoms with E-state index in [1.807, 2.05) is 0 Å². The first-order valence-electron chi connectivity index (χ1n) is 25.5. The molecule has 2 unspecified atom stereocenters. The Balaban J connectivity index is 3.93. The van der Waals surface area contributed by atoms with E-state index in [1.165, 1.54) is 186 Å². The lowest BCUT2D eigenvalue weighted by Gasteiger charge is -2.20. The molecule has 2 atom stereocenters. The molecule has 0 saturated heterocycles. The molecule has 8 nitrogen and oxygen atoms in total. The minimum Gasteiger partial charge on any atom is -0.457 e. The SMILES string of the molecule is CCCCC/C=C\C/C=C\CCCCCCCCCCOCC(COP(=O)(O)OCCN)OC(=O)CCCCCCCCCCCCC/C=C\CCCCCCCCCC. The Morgan fingerprint density at radius 1 is 0.500 bits per heavy atom. The van der Waals surface area contributed by atoms with Crippen LogP contribution in [0, 0.1) is 0 Å². The summed E-state index contributed by atoms with van der Waals surface area (Å²) in [6.07, 6.45) is 57.5. The van der Waals surface area contributed by atoms with Gasteiger partial charge in [-0.3, -0.25) is 13.8 Å². The molecule has 0 saturated carbocycles. The van der Waals surface area contributed by atoms with Crippen molar-refractivity contribution in [2.45, 2.75) is 251 Å². The van der Waals surface area contributed by atoms with Crippen molar-refractivity contribution in [3.05, 3.63) is 36.5 Å². The van der Waals surface area contributed by atoms with Crippen molar-refractivity contribution in [3.8, 4) is 0 Å². The van der Waals surface area contributed by atoms with Crippen molar-refractivity contribution in [2.75, 3.05) is 33.0 Å². The highest BCUT2D eigenvalue weighted by atomic mass is 31.2. The summed E-state index contributed by atoms with van der Waals surface area (Å²) in [5, 5.41) is 0. The van der Waals surface area contributed by atoms with Crippen LogP contribution in [0.2, 0.25) is 0 Å². The minimum absolute atomic E-state index is 0.0962. The lowest BCUT2D eigenvalue weighted by atomic mass is 10.0. The molecule has 0 aromatic rings. The van der Waals surface area contributed by atoms with Crippen molar-refractivity contribution in [2.24, 2.45) is 5.73 Å². The molecule has 3 N–H and O–H groups in total. The molecule has 0 aliphatic carbocycles. The minimum atomic E-state index is -4.28. The van der Waals surface area contributed by atoms with E-state index >= 15 is 0 Å². The molecular formula is C51H98NO7P. The number of hydrogen-bond acceptors (Lipinski definition) is 7. The molecule has 0 bridgehead atoms. The zero-order chi connectivity index (χ0) is 43.7. The molecule has 0 aliphatic rings. The third kappa shape index (κ3) is 47.8. The molecule has 354 valence electrons. The third-order valence-electron chi connectivity index (χ3n) is 11.0. The van der Waals surface area contributed by atoms with Crippen LogP contribution >= 0.6 is 7.82 Å². The van der Waals surface area contributed by atoms with Gasteiger partial charge in [-0.2, -0.15) is 0 Å². The van der Waals surface area contributed by atoms with Gasteiger partial charge in [-0.1, -0.05) is 204 Å². The number of nitrogens with two attached hydrogens (primary N) is 1. The molecule has 9 heteroatoms. The van der Waals surface area contributed by atoms with E-state index in [1.54, 1.807) is 0 Å². The molecule has 0 aromatic carbocycles. The van der Waals surface area contributed by atoms with Crippen LogP contribution in [0.5, 0.6) is 0 Å². The first-order valence-corrected chi connectivity index (χ1v) is 27.0. The fraction of sp³-hybridized carbons (Fsp3) is 0.863. The van der Waals surface area contributed by atoms with Crippen molar-refractivity contribution < 1.29 is 32.8 Å². The Morgan fingerprint density at radius 3 is 1.35 bits per heavy atom. The second kappa shape index (κ2) is 48.7. The molecule has 0 heterocycles. The van der Waals surface area contributed by atoms with Gasteiger partial charge in [-0.05, 0) is 70.6 Å². The molecule has 60 heavy (non-hydrogen) atoms. The quantitative estimate of drug-likeness (QED) is 0.0269. The predicted octanol–water partition coefficient (Wildman–Crippen LogP) is 15.8. The standard InChI is InChI=1S/C51H98NO7P/c1-3-5-7-9-11-13-15-17-19-21-23-24-25-26-27-28-30-32-34-36-38-40-42-44-51(53)59-50(49-58-60(54,55)57-47-45-52)48-56-46-43-41-39-37-35-33-31-29-22-20-18-16-14-12-10-8-6-4-2/h12,14,18,20-21,23,50H,3-11,13,15-17,19,22,24-49,52H2,1-2H3,(H,54,55)/b14-12-,20-18-,23-21-. The number of hydrogen-bond donors (Lipinski definition) is 2. The summed E-state index contributed by atoms with van der Waals surface area (Å²) in [4.78, 5) is 22.6. The molecule has 0 fully saturated rings. The fourth-order valence-electron chi connectivity index (χ4n) is 7.26. The lowest BCUT2D eigenvalue weighted by Crippen LogP contribution is -2.28. The topological polar surface area (TPSA) is 117 Å². The second-order valence-electron chi connectivity index (χ2n) is 17.0. The summed E-state index contributed by atoms with van der Waals surface area (Å²) in [5.74, 6) is -0.330. The van der Waals surface area contributed by atoms with E-state index in [0.29, 0.717) is 13.0 Å². The van der Waals surface area contributed by atoms with Gasteiger partial charge in [-0.15, -0.1) is 0 Å². The number of ether oxygens (including phenoxy) is 2. The highest BCUT2D eigenvalue weighted by Gasteiger charge is 2.25. The largest absolute Gasteiger partial charge is 0.472 e. The maximum atomic E-state index is 12.7. The van der Waals surface area contributed by atoms with E-state index in [-0.39, 0.29) is 32.3 Å². The van der Waals surface area contributed by atoms with Crippen LogP contribution in [-0.2, 0) is 27.9 Å². The predicted molar refractivity (Wildman–Crippen MR) is 256 cm³/mol. The van der Waals surface area contributed by atoms with Gasteiger partial charge in [-0.25, -0.2) is 4.57 Å². The molecule has 0 spiro atoms. The third-order valence-corrected chi connectivity index (χ3v) is 12.0. The van der Waals surface area contributed by atoms with Crippen molar-refractivity contribution in [3.63, 3.8) is 0 Å². The summed E-state index contributed by atoms with van der Waals surface area (Å²) in [7, 11) is -4.28. The zero-order valence-corrected chi connectivity index (χ0v) is 40.3. The average Bonchev–Trinajstić information content (AvgIpc) is 3.24. The van der Waals surface area contributed by atoms with Crippen LogP contribution in [0.4, 0.5) is 0 Å². The van der Waals surface area contributed by atoms with Gasteiger partial charge in [0.15, 0.2) is 0 Å². The van der Waals surface area contributed by atoms with E-state index in [0.717, 1.165) is 38.5 Å². The first-order chi connectivity index (χ1) is 29.4. The van der Waals surface area contributed by atoms with Crippen molar-refractivity contribution >= 4 is 13.8 Å². The van der Waals surface area contributed by atoms with E-state index < -0.39 is 13.9 Å². The molecular weight excluding hydrogens is 770 g/mol. The van der Waals surface area contributed by atoms with Crippen LogP contribution in [-0.4, -0.2) is 49.9 Å². The summed E-state index contributed by atoms with van der Waals surface area (Å²) in [6, 6.07) is 0. The summed E-state index contributed by atoms with van der Waals surface area (Å²) in [6.45, 7) is 4.92. The fourth-order valence-corrected chi connectivity index (χ4v) is 8.02. The number of phosphoric ester groups is 1. The number of carbonyl (C=O) groups excluding carboxylic acids is 1. The summed E-state index contributed by atoms with van der Waals surface area (Å²) in [5.41, 5.74) is 5.39. The number of carbonyl (C=O) groups is 1. The molecule has 0 amide bonds. The summed E-state index contributed by atoms with van der Waals surface area (Å²) >= 11 is 0. The Labute approximate surface area is 371 Å². The number of allylic oxidation sites excluding steroid dienone is 6. The monoisotopic (exact) mass is 868 g/mol. The van der Waals surface area contributed by atoms with Crippen molar-refractivity contribution in [1.82, 2.24) is 0 Å². The number of phosphoric acid groups is 1. The van der Waals surface area contributed by atoms with Gasteiger partial charge < -0.3 is 20.1 Å². The molecule has 0 rings (SSSR count). The van der Waals surface area contributed by atoms with Gasteiger partial charge in [0.25, 0.3) is 0 Å². The maximum absolute atomic E-state index is 12.7. The second-order valence-corrected chi connectivity index (χ2v) is 18.5. The van der Waals surface area contributed by atoms with Gasteiger partial charge in [0, 0.05) is 19.6 Å². The van der Waals surface area contributed by atoms with Crippen molar-refractivity contribution in [1.29, 1.82) is 0 Å². The van der Waals surface area contributed by atoms with Gasteiger partial charge in [0.2, 0.25) is 0 Å². The molecule has 0 radical (unpaired) electrons. The van der Waals surface area contributed by atoms with Crippen LogP contribution in [0.15, 0.2) is 36.5 Å². The van der Waals surface area contributed by atoms with Gasteiger partial charge >= 0.3 is 13.8 Å². The molecule has 0 aromatic heterocycles. The first kappa shape index (κ1) is 58.7. The van der Waals surface area contributed by atoms with Crippen LogP contribution in [0.3, 0.4) is 0 Å². The van der Waals surface area contributed by atoms with Crippen LogP contribution in [0.1, 0.15) is 245 Å². The number of esters is 1. The smallest absolute Gasteiger partial charge is 0.457 e. The lowest BCUT2D eigenvalue weighted by molar-refractivity contribution is -0.154. The average molecular weight is 868 g/mol. The Bertz CT molecular complexity index is 1020. The summed E-state index contributed by atoms with van der Waals surface area (Å²) < 4.78 is 33.6.